The van der Waals surface area contributed by atoms with E-state index in [0.717, 1.165) is 53.5 Å². The second-order valence-electron chi connectivity index (χ2n) is 14.0. The van der Waals surface area contributed by atoms with Crippen LogP contribution in [0.1, 0.15) is 92.8 Å². The molecule has 6 rings (SSSR count). The van der Waals surface area contributed by atoms with Crippen LogP contribution in [0.2, 0.25) is 0 Å². The molecule has 2 N–H and O–H groups in total. The number of carbonyl (C=O) groups is 4. The van der Waals surface area contributed by atoms with Crippen LogP contribution < -0.4 is 10.6 Å². The molecule has 2 aromatic carbocycles. The van der Waals surface area contributed by atoms with E-state index in [9.17, 15) is 19.2 Å². The van der Waals surface area contributed by atoms with Crippen molar-refractivity contribution >= 4 is 34.4 Å². The van der Waals surface area contributed by atoms with E-state index in [1.54, 1.807) is 22.0 Å². The number of Topliss-reactive ketones (excluding diaryl/α,β-unsaturated/α-hetero) is 1. The van der Waals surface area contributed by atoms with Crippen LogP contribution in [0.15, 0.2) is 54.9 Å². The molecular formula is C38H45N7O4. The Labute approximate surface area is 286 Å². The highest BCUT2D eigenvalue weighted by Gasteiger charge is 2.46. The zero-order chi connectivity index (χ0) is 34.7. The molecule has 1 saturated heterocycles. The summed E-state index contributed by atoms with van der Waals surface area (Å²) in [7, 11) is 0. The third kappa shape index (κ3) is 7.55. The van der Waals surface area contributed by atoms with Crippen molar-refractivity contribution in [2.75, 3.05) is 13.1 Å². The lowest BCUT2D eigenvalue weighted by Gasteiger charge is -2.26. The lowest BCUT2D eigenvalue weighted by Crippen LogP contribution is -2.47. The molecule has 49 heavy (non-hydrogen) atoms. The first-order chi connectivity index (χ1) is 23.5. The van der Waals surface area contributed by atoms with E-state index >= 15 is 0 Å². The summed E-state index contributed by atoms with van der Waals surface area (Å²) < 4.78 is 1.65. The van der Waals surface area contributed by atoms with Crippen LogP contribution in [0.3, 0.4) is 0 Å². The first-order valence-electron chi connectivity index (χ1n) is 17.3. The summed E-state index contributed by atoms with van der Waals surface area (Å²) in [6, 6.07) is 12.7. The van der Waals surface area contributed by atoms with E-state index in [0.29, 0.717) is 49.3 Å². The molecule has 3 amide bonds. The Balaban J connectivity index is 1.39. The minimum atomic E-state index is -0.735. The summed E-state index contributed by atoms with van der Waals surface area (Å²) in [5, 5.41) is 11.6. The SMILES string of the molecule is CC(=O)c1nn2c3c(cc(-c4cnc(C)nc4)cc13)CCCCCCC(=O)NC[C@]1(C)C[C@@H](C(=O)N[C@H](C)c3ccccc3)N(C1)C(=O)C2. The standard InChI is InChI=1S/C38H45N7O4/c1-24(27-12-9-7-10-13-27)42-37(49)32-18-38(4)22-41-33(47)15-11-6-5-8-14-28-16-29(30-19-39-26(3)40-20-30)17-31-35(25(2)46)43-45(36(28)31)21-34(48)44(32)23-38/h7,9-10,12-13,16-17,19-20,24,32H,5-6,8,11,14-15,18,21-23H2,1-4H3,(H,41,47)(H,42,49)/t24-,32+,38+/m1/s1. The van der Waals surface area contributed by atoms with Crippen molar-refractivity contribution in [1.82, 2.24) is 35.3 Å². The quantitative estimate of drug-likeness (QED) is 0.283. The number of ketones is 1. The van der Waals surface area contributed by atoms with Gasteiger partial charge >= 0.3 is 0 Å². The van der Waals surface area contributed by atoms with Crippen LogP contribution >= 0.6 is 0 Å². The number of nitrogens with one attached hydrogen (secondary N) is 2. The van der Waals surface area contributed by atoms with Crippen molar-refractivity contribution < 1.29 is 19.2 Å². The van der Waals surface area contributed by atoms with E-state index in [1.165, 1.54) is 6.92 Å². The van der Waals surface area contributed by atoms with Crippen molar-refractivity contribution in [3.05, 3.63) is 77.5 Å². The molecule has 0 spiro atoms. The van der Waals surface area contributed by atoms with Crippen molar-refractivity contribution in [3.63, 3.8) is 0 Å². The number of carbonyl (C=O) groups excluding carboxylic acids is 4. The third-order valence-corrected chi connectivity index (χ3v) is 9.86. The molecule has 3 atom stereocenters. The third-order valence-electron chi connectivity index (χ3n) is 9.86. The summed E-state index contributed by atoms with van der Waals surface area (Å²) in [6.07, 6.45) is 8.56. The second kappa shape index (κ2) is 14.3. The predicted octanol–water partition coefficient (Wildman–Crippen LogP) is 5.11. The van der Waals surface area contributed by atoms with Gasteiger partial charge in [0.05, 0.1) is 11.6 Å². The molecule has 4 aromatic rings. The lowest BCUT2D eigenvalue weighted by molar-refractivity contribution is -0.139. The topological polar surface area (TPSA) is 139 Å². The van der Waals surface area contributed by atoms with Crippen LogP contribution in [0.5, 0.6) is 0 Å². The Morgan fingerprint density at radius 3 is 2.43 bits per heavy atom. The van der Waals surface area contributed by atoms with E-state index in [2.05, 4.69) is 26.7 Å². The van der Waals surface area contributed by atoms with Gasteiger partial charge in [-0.2, -0.15) is 5.10 Å². The maximum absolute atomic E-state index is 14.3. The molecule has 1 fully saturated rings. The predicted molar refractivity (Wildman–Crippen MR) is 187 cm³/mol. The van der Waals surface area contributed by atoms with Crippen molar-refractivity contribution in [3.8, 4) is 11.1 Å². The van der Waals surface area contributed by atoms with Gasteiger partial charge in [-0.3, -0.25) is 23.9 Å². The molecule has 4 heterocycles. The number of hydrogen-bond donors (Lipinski definition) is 2. The average molecular weight is 664 g/mol. The Morgan fingerprint density at radius 1 is 1.00 bits per heavy atom. The van der Waals surface area contributed by atoms with Gasteiger partial charge in [-0.1, -0.05) is 50.1 Å². The minimum Gasteiger partial charge on any atom is -0.355 e. The van der Waals surface area contributed by atoms with Gasteiger partial charge in [0.2, 0.25) is 17.7 Å². The summed E-state index contributed by atoms with van der Waals surface area (Å²) in [4.78, 5) is 64.5. The Kier molecular flexibility index (Phi) is 9.89. The molecule has 0 radical (unpaired) electrons. The van der Waals surface area contributed by atoms with Gasteiger partial charge in [0.15, 0.2) is 5.78 Å². The first-order valence-corrected chi connectivity index (χ1v) is 17.3. The highest BCUT2D eigenvalue weighted by atomic mass is 16.2. The summed E-state index contributed by atoms with van der Waals surface area (Å²) >= 11 is 0. The maximum Gasteiger partial charge on any atom is 0.245 e. The van der Waals surface area contributed by atoms with Gasteiger partial charge in [-0.25, -0.2) is 9.97 Å². The van der Waals surface area contributed by atoms with Gasteiger partial charge in [-0.05, 0) is 68.4 Å². The van der Waals surface area contributed by atoms with Crippen LogP contribution in [0, 0.1) is 12.3 Å². The highest BCUT2D eigenvalue weighted by molar-refractivity contribution is 6.07. The Hall–Kier alpha value is -4.93. The van der Waals surface area contributed by atoms with Crippen molar-refractivity contribution in [1.29, 1.82) is 0 Å². The number of amides is 3. The number of hydrogen-bond acceptors (Lipinski definition) is 7. The van der Waals surface area contributed by atoms with E-state index in [-0.39, 0.29) is 36.1 Å². The maximum atomic E-state index is 14.3. The summed E-state index contributed by atoms with van der Waals surface area (Å²) in [5.41, 5.74) is 4.17. The fourth-order valence-corrected chi connectivity index (χ4v) is 7.17. The zero-order valence-electron chi connectivity index (χ0n) is 28.8. The minimum absolute atomic E-state index is 0.0133. The molecule has 2 aromatic heterocycles. The van der Waals surface area contributed by atoms with Crippen LogP contribution in [-0.2, 0) is 27.3 Å². The molecule has 11 nitrogen and oxygen atoms in total. The first kappa shape index (κ1) is 34.0. The second-order valence-corrected chi connectivity index (χ2v) is 14.0. The van der Waals surface area contributed by atoms with Crippen LogP contribution in [-0.4, -0.2) is 67.3 Å². The van der Waals surface area contributed by atoms with E-state index in [4.69, 9.17) is 5.10 Å². The van der Waals surface area contributed by atoms with Crippen LogP contribution in [0.4, 0.5) is 0 Å². The monoisotopic (exact) mass is 663 g/mol. The van der Waals surface area contributed by atoms with Crippen molar-refractivity contribution in [2.45, 2.75) is 91.3 Å². The largest absolute Gasteiger partial charge is 0.355 e. The Bertz CT molecular complexity index is 1870. The fraction of sp³-hybridized carbons (Fsp3) is 0.447. The molecule has 2 aliphatic heterocycles. The molecular weight excluding hydrogens is 618 g/mol. The smallest absolute Gasteiger partial charge is 0.245 e. The van der Waals surface area contributed by atoms with E-state index < -0.39 is 11.5 Å². The molecule has 11 heteroatoms. The van der Waals surface area contributed by atoms with Gasteiger partial charge in [0, 0.05) is 55.2 Å². The Morgan fingerprint density at radius 2 is 1.71 bits per heavy atom. The van der Waals surface area contributed by atoms with Crippen LogP contribution in [0.25, 0.3) is 22.0 Å². The normalized spacial score (nSPS) is 21.2. The molecule has 0 unspecified atom stereocenters. The van der Waals surface area contributed by atoms with Gasteiger partial charge in [0.25, 0.3) is 0 Å². The summed E-state index contributed by atoms with van der Waals surface area (Å²) in [6.45, 7) is 7.79. The average Bonchev–Trinajstić information content (AvgIpc) is 3.64. The lowest BCUT2D eigenvalue weighted by atomic mass is 9.87. The molecule has 2 bridgehead atoms. The highest BCUT2D eigenvalue weighted by Crippen LogP contribution is 2.36. The number of aromatic nitrogens is 4. The number of aryl methyl sites for hydroxylation is 2. The number of nitrogens with zero attached hydrogens (tertiary/aromatic N) is 5. The van der Waals surface area contributed by atoms with Gasteiger partial charge < -0.3 is 15.5 Å². The fourth-order valence-electron chi connectivity index (χ4n) is 7.17. The van der Waals surface area contributed by atoms with Crippen molar-refractivity contribution in [2.24, 2.45) is 5.41 Å². The molecule has 256 valence electrons. The molecule has 0 saturated carbocycles. The zero-order valence-corrected chi connectivity index (χ0v) is 28.8. The molecule has 0 aliphatic carbocycles. The van der Waals surface area contributed by atoms with E-state index in [1.807, 2.05) is 57.2 Å². The van der Waals surface area contributed by atoms with Gasteiger partial charge in [0.1, 0.15) is 24.1 Å². The van der Waals surface area contributed by atoms with Gasteiger partial charge in [-0.15, -0.1) is 0 Å². The molecule has 2 aliphatic rings. The number of rotatable bonds is 5. The number of benzene rings is 2. The number of fused-ring (bicyclic) bond motifs is 2. The summed E-state index contributed by atoms with van der Waals surface area (Å²) in [5.74, 6) is -0.0558.